The predicted octanol–water partition coefficient (Wildman–Crippen LogP) is 4.94. The van der Waals surface area contributed by atoms with Crippen LogP contribution in [0.15, 0.2) is 79.3 Å². The van der Waals surface area contributed by atoms with Gasteiger partial charge in [0, 0.05) is 17.3 Å². The average molecular weight is 460 g/mol. The van der Waals surface area contributed by atoms with Crippen LogP contribution in [0.1, 0.15) is 20.7 Å². The minimum absolute atomic E-state index is 0.0411. The molecule has 0 radical (unpaired) electrons. The third kappa shape index (κ3) is 4.88. The van der Waals surface area contributed by atoms with Crippen molar-refractivity contribution in [2.75, 3.05) is 17.7 Å². The monoisotopic (exact) mass is 460 g/mol. The average Bonchev–Trinajstić information content (AvgIpc) is 2.86. The summed E-state index contributed by atoms with van der Waals surface area (Å²) < 4.78 is 33.0. The van der Waals surface area contributed by atoms with Gasteiger partial charge in [0.1, 0.15) is 11.6 Å². The zero-order valence-corrected chi connectivity index (χ0v) is 17.9. The van der Waals surface area contributed by atoms with E-state index in [4.69, 9.17) is 4.74 Å². The molecule has 170 valence electrons. The van der Waals surface area contributed by atoms with Gasteiger partial charge in [-0.25, -0.2) is 8.78 Å². The summed E-state index contributed by atoms with van der Waals surface area (Å²) in [5.41, 5.74) is 1.29. The van der Waals surface area contributed by atoms with E-state index in [2.05, 4.69) is 20.6 Å². The van der Waals surface area contributed by atoms with Crippen molar-refractivity contribution in [3.63, 3.8) is 0 Å². The first-order valence-corrected chi connectivity index (χ1v) is 10.1. The van der Waals surface area contributed by atoms with Crippen molar-refractivity contribution in [2.45, 2.75) is 0 Å². The quantitative estimate of drug-likeness (QED) is 0.425. The molecule has 0 bridgehead atoms. The number of aromatic nitrogens is 2. The fraction of sp³-hybridized carbons (Fsp3) is 0.0400. The summed E-state index contributed by atoms with van der Waals surface area (Å²) in [5, 5.41) is 5.12. The molecule has 4 rings (SSSR count). The molecule has 0 saturated carbocycles. The highest BCUT2D eigenvalue weighted by Gasteiger charge is 2.18. The van der Waals surface area contributed by atoms with Crippen LogP contribution in [-0.4, -0.2) is 28.9 Å². The van der Waals surface area contributed by atoms with E-state index in [0.29, 0.717) is 16.9 Å². The molecular formula is C25H18F2N4O3. The Kier molecular flexibility index (Phi) is 6.54. The van der Waals surface area contributed by atoms with Gasteiger partial charge in [0.25, 0.3) is 11.8 Å². The Morgan fingerprint density at radius 1 is 0.882 bits per heavy atom. The third-order valence-electron chi connectivity index (χ3n) is 4.90. The van der Waals surface area contributed by atoms with Crippen molar-refractivity contribution >= 4 is 23.2 Å². The summed E-state index contributed by atoms with van der Waals surface area (Å²) >= 11 is 0. The summed E-state index contributed by atoms with van der Waals surface area (Å²) in [6.45, 7) is 0. The summed E-state index contributed by atoms with van der Waals surface area (Å²) in [5.74, 6) is -2.06. The van der Waals surface area contributed by atoms with Crippen molar-refractivity contribution in [1.29, 1.82) is 0 Å². The second-order valence-corrected chi connectivity index (χ2v) is 7.09. The van der Waals surface area contributed by atoms with Crippen molar-refractivity contribution in [1.82, 2.24) is 9.97 Å². The van der Waals surface area contributed by atoms with E-state index in [-0.39, 0.29) is 22.6 Å². The number of anilines is 2. The smallest absolute Gasteiger partial charge is 0.259 e. The Morgan fingerprint density at radius 3 is 2.41 bits per heavy atom. The number of hydrogen-bond donors (Lipinski definition) is 2. The van der Waals surface area contributed by atoms with Gasteiger partial charge in [-0.3, -0.25) is 19.6 Å². The molecule has 0 aliphatic rings. The number of nitrogens with one attached hydrogen (secondary N) is 2. The number of carbonyl (C=O) groups is 2. The van der Waals surface area contributed by atoms with E-state index in [0.717, 1.165) is 6.20 Å². The van der Waals surface area contributed by atoms with Crippen LogP contribution in [0.2, 0.25) is 0 Å². The van der Waals surface area contributed by atoms with Gasteiger partial charge in [0.2, 0.25) is 0 Å². The van der Waals surface area contributed by atoms with Gasteiger partial charge in [0.05, 0.1) is 42.1 Å². The second kappa shape index (κ2) is 9.86. The number of benzene rings is 2. The lowest BCUT2D eigenvalue weighted by Crippen LogP contribution is -2.17. The summed E-state index contributed by atoms with van der Waals surface area (Å²) in [7, 11) is 1.38. The van der Waals surface area contributed by atoms with Crippen molar-refractivity contribution in [2.24, 2.45) is 0 Å². The molecule has 34 heavy (non-hydrogen) atoms. The van der Waals surface area contributed by atoms with Crippen molar-refractivity contribution in [3.8, 4) is 17.0 Å². The van der Waals surface area contributed by atoms with Crippen LogP contribution in [0.5, 0.6) is 5.75 Å². The number of methoxy groups -OCH3 is 1. The molecule has 2 N–H and O–H groups in total. The van der Waals surface area contributed by atoms with Gasteiger partial charge in [-0.15, -0.1) is 0 Å². The van der Waals surface area contributed by atoms with E-state index < -0.39 is 23.4 Å². The van der Waals surface area contributed by atoms with E-state index in [1.807, 2.05) is 0 Å². The van der Waals surface area contributed by atoms with Gasteiger partial charge in [-0.2, -0.15) is 0 Å². The van der Waals surface area contributed by atoms with E-state index in [1.165, 1.54) is 49.8 Å². The molecule has 7 nitrogen and oxygen atoms in total. The fourth-order valence-corrected chi connectivity index (χ4v) is 3.19. The summed E-state index contributed by atoms with van der Waals surface area (Å²) in [6, 6.07) is 15.0. The lowest BCUT2D eigenvalue weighted by Gasteiger charge is -2.12. The molecule has 2 aromatic carbocycles. The maximum absolute atomic E-state index is 14.0. The van der Waals surface area contributed by atoms with Crippen LogP contribution in [0, 0.1) is 11.6 Å². The Bertz CT molecular complexity index is 1360. The summed E-state index contributed by atoms with van der Waals surface area (Å²) in [4.78, 5) is 33.3. The number of hydrogen-bond acceptors (Lipinski definition) is 5. The molecule has 4 aromatic rings. The topological polar surface area (TPSA) is 93.2 Å². The Morgan fingerprint density at radius 2 is 1.71 bits per heavy atom. The Labute approximate surface area is 193 Å². The van der Waals surface area contributed by atoms with E-state index in [1.54, 1.807) is 30.3 Å². The number of amides is 2. The van der Waals surface area contributed by atoms with Crippen LogP contribution in [-0.2, 0) is 0 Å². The minimum atomic E-state index is -0.699. The van der Waals surface area contributed by atoms with Crippen LogP contribution >= 0.6 is 0 Å². The second-order valence-electron chi connectivity index (χ2n) is 7.09. The van der Waals surface area contributed by atoms with Gasteiger partial charge in [0.15, 0.2) is 5.82 Å². The van der Waals surface area contributed by atoms with Gasteiger partial charge >= 0.3 is 0 Å². The molecule has 0 atom stereocenters. The fourth-order valence-electron chi connectivity index (χ4n) is 3.19. The Balaban J connectivity index is 1.53. The maximum atomic E-state index is 14.0. The third-order valence-corrected chi connectivity index (χ3v) is 4.90. The van der Waals surface area contributed by atoms with Gasteiger partial charge < -0.3 is 15.4 Å². The maximum Gasteiger partial charge on any atom is 0.259 e. The van der Waals surface area contributed by atoms with Crippen molar-refractivity contribution < 1.29 is 23.1 Å². The lowest BCUT2D eigenvalue weighted by atomic mass is 10.1. The normalized spacial score (nSPS) is 10.4. The van der Waals surface area contributed by atoms with Crippen LogP contribution < -0.4 is 15.4 Å². The molecule has 0 aliphatic carbocycles. The number of ether oxygens (including phenoxy) is 1. The SMILES string of the molecule is COc1ccc(C(=O)Nc2ccc(-c3ccccc3F)nc2)cc1C(=O)Nc1ccncc1F. The van der Waals surface area contributed by atoms with Gasteiger partial charge in [-0.05, 0) is 48.5 Å². The Hall–Kier alpha value is -4.66. The van der Waals surface area contributed by atoms with Crippen LogP contribution in [0.3, 0.4) is 0 Å². The van der Waals surface area contributed by atoms with E-state index >= 15 is 0 Å². The zero-order valence-electron chi connectivity index (χ0n) is 17.9. The first kappa shape index (κ1) is 22.5. The molecule has 0 fully saturated rings. The number of nitrogens with zero attached hydrogens (tertiary/aromatic N) is 2. The van der Waals surface area contributed by atoms with Crippen molar-refractivity contribution in [3.05, 3.63) is 102 Å². The highest BCUT2D eigenvalue weighted by Crippen LogP contribution is 2.24. The highest BCUT2D eigenvalue weighted by atomic mass is 19.1. The number of rotatable bonds is 6. The number of carbonyl (C=O) groups excluding carboxylic acids is 2. The lowest BCUT2D eigenvalue weighted by molar-refractivity contribution is 0.102. The molecular weight excluding hydrogens is 442 g/mol. The molecule has 2 aromatic heterocycles. The number of pyridine rings is 2. The van der Waals surface area contributed by atoms with Crippen LogP contribution in [0.25, 0.3) is 11.3 Å². The highest BCUT2D eigenvalue weighted by molar-refractivity contribution is 6.10. The largest absolute Gasteiger partial charge is 0.496 e. The molecule has 0 unspecified atom stereocenters. The zero-order chi connectivity index (χ0) is 24.1. The van der Waals surface area contributed by atoms with Crippen LogP contribution in [0.4, 0.5) is 20.2 Å². The molecule has 0 aliphatic heterocycles. The molecule has 2 amide bonds. The predicted molar refractivity (Wildman–Crippen MR) is 123 cm³/mol. The summed E-state index contributed by atoms with van der Waals surface area (Å²) in [6.07, 6.45) is 3.72. The van der Waals surface area contributed by atoms with E-state index in [9.17, 15) is 18.4 Å². The van der Waals surface area contributed by atoms with Gasteiger partial charge in [-0.1, -0.05) is 12.1 Å². The first-order valence-electron chi connectivity index (χ1n) is 10.1. The minimum Gasteiger partial charge on any atom is -0.496 e. The first-order chi connectivity index (χ1) is 16.5. The molecule has 0 spiro atoms. The number of halogens is 2. The standard InChI is InChI=1S/C25H18F2N4O3/c1-34-23-9-6-15(12-18(23)25(33)31-22-10-11-28-14-20(22)27)24(32)30-16-7-8-21(29-13-16)17-4-2-3-5-19(17)26/h2-14H,1H3,(H,30,32)(H,28,31,33). The molecule has 9 heteroatoms. The molecule has 2 heterocycles. The molecule has 0 saturated heterocycles.